The first-order valence-electron chi connectivity index (χ1n) is 6.00. The molecule has 0 unspecified atom stereocenters. The maximum absolute atomic E-state index is 13.8. The lowest BCUT2D eigenvalue weighted by molar-refractivity contribution is -0.114. The third-order valence-electron chi connectivity index (χ3n) is 3.33. The molecule has 3 N–H and O–H groups in total. The van der Waals surface area contributed by atoms with Crippen LogP contribution in [0.25, 0.3) is 0 Å². The Kier molecular flexibility index (Phi) is 3.38. The number of ketones is 1. The van der Waals surface area contributed by atoms with Crippen molar-refractivity contribution < 1.29 is 14.0 Å². The predicted octanol–water partition coefficient (Wildman–Crippen LogP) is 2.06. The summed E-state index contributed by atoms with van der Waals surface area (Å²) in [6.45, 7) is 2.95. The van der Waals surface area contributed by atoms with Gasteiger partial charge in [-0.25, -0.2) is 4.39 Å². The van der Waals surface area contributed by atoms with Crippen LogP contribution in [0.3, 0.4) is 0 Å². The van der Waals surface area contributed by atoms with E-state index in [4.69, 9.17) is 5.73 Å². The van der Waals surface area contributed by atoms with E-state index in [0.717, 1.165) is 0 Å². The van der Waals surface area contributed by atoms with Crippen molar-refractivity contribution in [1.82, 2.24) is 0 Å². The zero-order valence-electron chi connectivity index (χ0n) is 10.8. The zero-order valence-corrected chi connectivity index (χ0v) is 10.8. The van der Waals surface area contributed by atoms with Gasteiger partial charge in [0.2, 0.25) is 5.91 Å². The molecule has 0 aromatic heterocycles. The van der Waals surface area contributed by atoms with Crippen molar-refractivity contribution in [3.63, 3.8) is 0 Å². The second kappa shape index (κ2) is 4.84. The van der Waals surface area contributed by atoms with Crippen LogP contribution in [0.5, 0.6) is 0 Å². The molecular weight excluding hydrogens is 247 g/mol. The molecule has 0 atom stereocenters. The maximum Gasteiger partial charge on any atom is 0.221 e. The highest BCUT2D eigenvalue weighted by Crippen LogP contribution is 2.34. The fourth-order valence-corrected chi connectivity index (χ4v) is 2.35. The highest BCUT2D eigenvalue weighted by Gasteiger charge is 2.28. The van der Waals surface area contributed by atoms with Crippen LogP contribution in [0.15, 0.2) is 17.8 Å². The third kappa shape index (κ3) is 2.23. The topological polar surface area (TPSA) is 72.2 Å². The molecule has 0 bridgehead atoms. The summed E-state index contributed by atoms with van der Waals surface area (Å²) in [5.41, 5.74) is 7.60. The van der Waals surface area contributed by atoms with Crippen molar-refractivity contribution in [3.8, 4) is 0 Å². The number of benzene rings is 1. The monoisotopic (exact) mass is 262 g/mol. The molecule has 0 radical (unpaired) electrons. The van der Waals surface area contributed by atoms with Gasteiger partial charge in [0.25, 0.3) is 0 Å². The van der Waals surface area contributed by atoms with Gasteiger partial charge in [-0.15, -0.1) is 0 Å². The Morgan fingerprint density at radius 3 is 2.74 bits per heavy atom. The lowest BCUT2D eigenvalue weighted by Gasteiger charge is -2.22. The molecule has 1 amide bonds. The van der Waals surface area contributed by atoms with Crippen LogP contribution in [0, 0.1) is 12.7 Å². The molecule has 5 heteroatoms. The number of hydrogen-bond acceptors (Lipinski definition) is 3. The van der Waals surface area contributed by atoms with Gasteiger partial charge in [-0.2, -0.15) is 0 Å². The van der Waals surface area contributed by atoms with Gasteiger partial charge >= 0.3 is 0 Å². The van der Waals surface area contributed by atoms with Crippen molar-refractivity contribution in [2.24, 2.45) is 5.73 Å². The fourth-order valence-electron chi connectivity index (χ4n) is 2.35. The lowest BCUT2D eigenvalue weighted by Crippen LogP contribution is -2.21. The molecule has 0 heterocycles. The molecule has 19 heavy (non-hydrogen) atoms. The summed E-state index contributed by atoms with van der Waals surface area (Å²) in [6.07, 6.45) is 2.31. The second-order valence-electron chi connectivity index (χ2n) is 4.59. The third-order valence-corrected chi connectivity index (χ3v) is 3.33. The Bertz CT molecular complexity index is 606. The highest BCUT2D eigenvalue weighted by atomic mass is 19.1. The largest absolute Gasteiger partial charge is 0.404 e. The van der Waals surface area contributed by atoms with Crippen LogP contribution in [0.1, 0.15) is 34.8 Å². The van der Waals surface area contributed by atoms with Gasteiger partial charge in [-0.3, -0.25) is 9.59 Å². The highest BCUT2D eigenvalue weighted by molar-refractivity contribution is 6.15. The molecule has 1 aliphatic rings. The van der Waals surface area contributed by atoms with Gasteiger partial charge in [-0.1, -0.05) is 0 Å². The minimum Gasteiger partial charge on any atom is -0.404 e. The van der Waals surface area contributed by atoms with Crippen molar-refractivity contribution in [2.75, 3.05) is 5.32 Å². The standard InChI is InChI=1S/C14H15FN2O2/c1-7-10-4-3-9(6-16)14(19)13(10)12(5-11(7)15)17-8(2)18/h5-6H,3-4,16H2,1-2H3,(H,17,18). The number of anilines is 1. The molecular formula is C14H15FN2O2. The van der Waals surface area contributed by atoms with Crippen molar-refractivity contribution in [2.45, 2.75) is 26.7 Å². The van der Waals surface area contributed by atoms with E-state index in [1.165, 1.54) is 19.2 Å². The van der Waals surface area contributed by atoms with E-state index in [0.29, 0.717) is 35.1 Å². The first-order chi connectivity index (χ1) is 8.95. The minimum atomic E-state index is -0.421. The predicted molar refractivity (Wildman–Crippen MR) is 70.4 cm³/mol. The molecule has 1 aromatic carbocycles. The number of Topliss-reactive ketones (excluding diaryl/α,β-unsaturated/α-hetero) is 1. The van der Waals surface area contributed by atoms with Gasteiger partial charge < -0.3 is 11.1 Å². The SMILES string of the molecule is CC(=O)Nc1cc(F)c(C)c2c1C(=O)C(=CN)CC2. The number of hydrogen-bond donors (Lipinski definition) is 2. The minimum absolute atomic E-state index is 0.217. The Morgan fingerprint density at radius 1 is 1.47 bits per heavy atom. The van der Waals surface area contributed by atoms with Gasteiger partial charge in [0, 0.05) is 24.3 Å². The van der Waals surface area contributed by atoms with Gasteiger partial charge in [0.15, 0.2) is 5.78 Å². The van der Waals surface area contributed by atoms with Gasteiger partial charge in [0.1, 0.15) is 5.82 Å². The molecule has 0 saturated heterocycles. The van der Waals surface area contributed by atoms with Gasteiger partial charge in [-0.05, 0) is 37.0 Å². The van der Waals surface area contributed by atoms with Crippen molar-refractivity contribution in [3.05, 3.63) is 40.3 Å². The summed E-state index contributed by atoms with van der Waals surface area (Å²) in [7, 11) is 0. The summed E-state index contributed by atoms with van der Waals surface area (Å²) < 4.78 is 13.8. The molecule has 1 aliphatic carbocycles. The van der Waals surface area contributed by atoms with Crippen LogP contribution in [-0.2, 0) is 11.2 Å². The molecule has 1 aromatic rings. The van der Waals surface area contributed by atoms with E-state index in [2.05, 4.69) is 5.32 Å². The Hall–Kier alpha value is -2.17. The summed E-state index contributed by atoms with van der Waals surface area (Å²) in [5, 5.41) is 2.51. The van der Waals surface area contributed by atoms with E-state index < -0.39 is 5.82 Å². The van der Waals surface area contributed by atoms with Gasteiger partial charge in [0.05, 0.1) is 5.69 Å². The van der Waals surface area contributed by atoms with E-state index in [1.807, 2.05) is 0 Å². The van der Waals surface area contributed by atoms with Crippen LogP contribution in [-0.4, -0.2) is 11.7 Å². The van der Waals surface area contributed by atoms with E-state index in [-0.39, 0.29) is 17.4 Å². The first kappa shape index (κ1) is 13.3. The average Bonchev–Trinajstić information content (AvgIpc) is 2.34. The Morgan fingerprint density at radius 2 is 2.16 bits per heavy atom. The maximum atomic E-state index is 13.8. The van der Waals surface area contributed by atoms with Crippen LogP contribution >= 0.6 is 0 Å². The summed E-state index contributed by atoms with van der Waals surface area (Å²) in [6, 6.07) is 1.19. The number of rotatable bonds is 1. The number of carbonyl (C=O) groups is 2. The molecule has 0 fully saturated rings. The number of nitrogens with two attached hydrogens (primary N) is 1. The molecule has 0 aliphatic heterocycles. The van der Waals surface area contributed by atoms with E-state index in [1.54, 1.807) is 6.92 Å². The summed E-state index contributed by atoms with van der Waals surface area (Å²) >= 11 is 0. The Balaban J connectivity index is 2.67. The fraction of sp³-hybridized carbons (Fsp3) is 0.286. The average molecular weight is 262 g/mol. The zero-order chi connectivity index (χ0) is 14.2. The molecule has 2 rings (SSSR count). The number of halogens is 1. The van der Waals surface area contributed by atoms with Crippen molar-refractivity contribution in [1.29, 1.82) is 0 Å². The smallest absolute Gasteiger partial charge is 0.221 e. The molecule has 4 nitrogen and oxygen atoms in total. The van der Waals surface area contributed by atoms with E-state index in [9.17, 15) is 14.0 Å². The van der Waals surface area contributed by atoms with Crippen LogP contribution < -0.4 is 11.1 Å². The number of amides is 1. The normalized spacial score (nSPS) is 16.4. The summed E-state index contributed by atoms with van der Waals surface area (Å²) in [4.78, 5) is 23.5. The molecule has 100 valence electrons. The lowest BCUT2D eigenvalue weighted by atomic mass is 9.83. The molecule has 0 saturated carbocycles. The van der Waals surface area contributed by atoms with Crippen LogP contribution in [0.2, 0.25) is 0 Å². The number of carbonyl (C=O) groups excluding carboxylic acids is 2. The Labute approximate surface area is 110 Å². The number of fused-ring (bicyclic) bond motifs is 1. The van der Waals surface area contributed by atoms with E-state index >= 15 is 0 Å². The first-order valence-corrected chi connectivity index (χ1v) is 6.00. The second-order valence-corrected chi connectivity index (χ2v) is 4.59. The van der Waals surface area contributed by atoms with Crippen molar-refractivity contribution >= 4 is 17.4 Å². The number of nitrogens with one attached hydrogen (secondary N) is 1. The quantitative estimate of drug-likeness (QED) is 0.761. The summed E-state index contributed by atoms with van der Waals surface area (Å²) in [5.74, 6) is -1.01. The number of allylic oxidation sites excluding steroid dienone is 1. The molecule has 0 spiro atoms. The van der Waals surface area contributed by atoms with Crippen LogP contribution in [0.4, 0.5) is 10.1 Å².